The van der Waals surface area contributed by atoms with E-state index in [1.54, 1.807) is 0 Å². The summed E-state index contributed by atoms with van der Waals surface area (Å²) in [5, 5.41) is 0. The molecule has 0 bridgehead atoms. The van der Waals surface area contributed by atoms with E-state index in [1.807, 2.05) is 0 Å². The van der Waals surface area contributed by atoms with Gasteiger partial charge >= 0.3 is 15.4 Å². The van der Waals surface area contributed by atoms with Gasteiger partial charge in [0.1, 0.15) is 0 Å². The maximum absolute atomic E-state index is 6.53. The van der Waals surface area contributed by atoms with Crippen LogP contribution in [0.25, 0.3) is 0 Å². The Morgan fingerprint density at radius 2 is 1.86 bits per heavy atom. The summed E-state index contributed by atoms with van der Waals surface area (Å²) in [6.07, 6.45) is 8.01. The van der Waals surface area contributed by atoms with Crippen LogP contribution in [-0.2, 0) is 15.9 Å². The van der Waals surface area contributed by atoms with Gasteiger partial charge in [0.05, 0.1) is 12.2 Å². The molecule has 1 N–H and O–H groups in total. The molecule has 1 aromatic carbocycles. The van der Waals surface area contributed by atoms with E-state index in [2.05, 4.69) is 28.6 Å². The highest BCUT2D eigenvalue weighted by atomic mass is 27.1. The Kier molecular flexibility index (Phi) is 4.85. The van der Waals surface area contributed by atoms with Crippen molar-refractivity contribution < 1.29 is 9.47 Å². The first-order chi connectivity index (χ1) is 10.9. The highest BCUT2D eigenvalue weighted by molar-refractivity contribution is 6.35. The van der Waals surface area contributed by atoms with Crippen molar-refractivity contribution in [2.24, 2.45) is 0 Å². The zero-order chi connectivity index (χ0) is 14.8. The first-order valence-electron chi connectivity index (χ1n) is 8.80. The third kappa shape index (κ3) is 3.58. The van der Waals surface area contributed by atoms with Crippen molar-refractivity contribution in [3.05, 3.63) is 35.4 Å². The predicted molar refractivity (Wildman–Crippen MR) is 88.1 cm³/mol. The fraction of sp³-hybridized carbons (Fsp3) is 0.667. The molecule has 3 nitrogen and oxygen atoms in total. The number of hydrogen-bond acceptors (Lipinski definition) is 3. The van der Waals surface area contributed by atoms with Crippen LogP contribution in [-0.4, -0.2) is 40.9 Å². The highest BCUT2D eigenvalue weighted by Crippen LogP contribution is 2.37. The van der Waals surface area contributed by atoms with Gasteiger partial charge in [0.2, 0.25) is 0 Å². The van der Waals surface area contributed by atoms with Crippen LogP contribution in [0.3, 0.4) is 0 Å². The second-order valence-corrected chi connectivity index (χ2v) is 8.48. The summed E-state index contributed by atoms with van der Waals surface area (Å²) in [5.74, 6) is 0. The van der Waals surface area contributed by atoms with Gasteiger partial charge in [-0.15, -0.1) is 0 Å². The fourth-order valence-electron chi connectivity index (χ4n) is 3.64. The third-order valence-electron chi connectivity index (χ3n) is 5.13. The largest absolute Gasteiger partial charge is 0.397 e. The van der Waals surface area contributed by atoms with Crippen molar-refractivity contribution in [2.45, 2.75) is 61.6 Å². The zero-order valence-electron chi connectivity index (χ0n) is 13.2. The molecule has 1 radical (unpaired) electrons. The van der Waals surface area contributed by atoms with E-state index in [9.17, 15) is 0 Å². The molecule has 2 fully saturated rings. The molecule has 0 amide bonds. The Labute approximate surface area is 139 Å². The maximum Gasteiger partial charge on any atom is 0.324 e. The summed E-state index contributed by atoms with van der Waals surface area (Å²) >= 11 is 0.367. The van der Waals surface area contributed by atoms with E-state index in [4.69, 9.17) is 9.47 Å². The number of rotatable bonds is 5. The summed E-state index contributed by atoms with van der Waals surface area (Å²) in [6, 6.07) is 9.35. The minimum atomic E-state index is 0.337. The molecule has 3 aliphatic rings. The van der Waals surface area contributed by atoms with Crippen LogP contribution >= 0.6 is 0 Å². The van der Waals surface area contributed by atoms with Crippen LogP contribution in [0.15, 0.2) is 24.3 Å². The lowest BCUT2D eigenvalue weighted by Gasteiger charge is -2.38. The smallest absolute Gasteiger partial charge is 0.324 e. The summed E-state index contributed by atoms with van der Waals surface area (Å²) in [6.45, 7) is 1.72. The molecule has 0 spiro atoms. The minimum Gasteiger partial charge on any atom is -0.397 e. The zero-order valence-corrected chi connectivity index (χ0v) is 14.3. The van der Waals surface area contributed by atoms with Gasteiger partial charge in [-0.05, 0) is 36.8 Å². The molecule has 22 heavy (non-hydrogen) atoms. The average Bonchev–Trinajstić information content (AvgIpc) is 3.39. The Hall–Kier alpha value is -0.368. The molecule has 1 aromatic rings. The van der Waals surface area contributed by atoms with E-state index in [-0.39, 0.29) is 0 Å². The molecule has 0 aromatic heterocycles. The van der Waals surface area contributed by atoms with E-state index >= 15 is 0 Å². The van der Waals surface area contributed by atoms with Crippen LogP contribution in [0.5, 0.6) is 0 Å². The molecule has 1 saturated heterocycles. The second kappa shape index (κ2) is 7.03. The van der Waals surface area contributed by atoms with Crippen molar-refractivity contribution >= 4 is 15.4 Å². The topological polar surface area (TPSA) is 30.5 Å². The Bertz CT molecular complexity index is 500. The van der Waals surface area contributed by atoms with Gasteiger partial charge in [-0.1, -0.05) is 41.9 Å². The number of benzene rings is 1. The lowest BCUT2D eigenvalue weighted by molar-refractivity contribution is -0.0822. The lowest BCUT2D eigenvalue weighted by atomic mass is 9.86. The number of aryl methyl sites for hydroxylation is 1. The quantitative estimate of drug-likeness (QED) is 0.848. The summed E-state index contributed by atoms with van der Waals surface area (Å²) in [5.41, 5.74) is 3.00. The number of hydrogen-bond donors (Lipinski definition) is 1. The van der Waals surface area contributed by atoms with Gasteiger partial charge in [-0.3, -0.25) is 0 Å². The van der Waals surface area contributed by atoms with Gasteiger partial charge in [0.15, 0.2) is 0 Å². The Morgan fingerprint density at radius 3 is 2.68 bits per heavy atom. The number of fused-ring (bicyclic) bond motifs is 1. The second-order valence-electron chi connectivity index (χ2n) is 6.87. The van der Waals surface area contributed by atoms with E-state index < -0.39 is 0 Å². The SMILES string of the molecule is c1ccc2c(c1)CCC(OC1CCOCC1)C2[NH][Al][CH]1CC1. The molecule has 1 aliphatic heterocycles. The molecular weight excluding hydrogens is 289 g/mol. The van der Waals surface area contributed by atoms with Gasteiger partial charge in [-0.2, -0.15) is 0 Å². The molecule has 2 unspecified atom stereocenters. The highest BCUT2D eigenvalue weighted by Gasteiger charge is 2.34. The summed E-state index contributed by atoms with van der Waals surface area (Å²) in [7, 11) is 0. The lowest BCUT2D eigenvalue weighted by Crippen LogP contribution is -2.42. The van der Waals surface area contributed by atoms with Crippen LogP contribution in [0.2, 0.25) is 4.78 Å². The average molecular weight is 314 g/mol. The van der Waals surface area contributed by atoms with E-state index in [0.717, 1.165) is 43.7 Å². The minimum absolute atomic E-state index is 0.337. The van der Waals surface area contributed by atoms with Crippen LogP contribution in [0.4, 0.5) is 0 Å². The van der Waals surface area contributed by atoms with Gasteiger partial charge < -0.3 is 13.8 Å². The maximum atomic E-state index is 6.53. The summed E-state index contributed by atoms with van der Waals surface area (Å²) in [4.78, 5) is 0. The Morgan fingerprint density at radius 1 is 1.05 bits per heavy atom. The molecule has 1 saturated carbocycles. The molecule has 2 atom stereocenters. The van der Waals surface area contributed by atoms with Crippen molar-refractivity contribution in [3.8, 4) is 0 Å². The first-order valence-corrected chi connectivity index (χ1v) is 10.0. The molecule has 117 valence electrons. The Balaban J connectivity index is 1.48. The standard InChI is InChI=1S/C15H20NO2.C3H5.Al/c16-15-13-4-2-1-3-11(13)5-6-14(15)18-12-7-9-17-10-8-12;1-2-3-1;/h1-4,12,14-16H,5-10H2;1H,2-3H2;/q-1;;+1. The predicted octanol–water partition coefficient (Wildman–Crippen LogP) is 3.03. The molecule has 4 rings (SSSR count). The first kappa shape index (κ1) is 15.2. The number of nitrogens with one attached hydrogen (secondary N) is 1. The van der Waals surface area contributed by atoms with Crippen LogP contribution in [0.1, 0.15) is 49.3 Å². The summed E-state index contributed by atoms with van der Waals surface area (Å²) < 4.78 is 16.9. The van der Waals surface area contributed by atoms with Gasteiger partial charge in [0.25, 0.3) is 0 Å². The van der Waals surface area contributed by atoms with E-state index in [1.165, 1.54) is 24.0 Å². The third-order valence-corrected chi connectivity index (χ3v) is 6.82. The van der Waals surface area contributed by atoms with E-state index in [0.29, 0.717) is 33.7 Å². The van der Waals surface area contributed by atoms with Crippen molar-refractivity contribution in [1.29, 1.82) is 0 Å². The monoisotopic (exact) mass is 314 g/mol. The molecule has 2 aliphatic carbocycles. The van der Waals surface area contributed by atoms with Crippen molar-refractivity contribution in [2.75, 3.05) is 13.2 Å². The fourth-order valence-corrected chi connectivity index (χ4v) is 5.04. The van der Waals surface area contributed by atoms with Crippen LogP contribution < -0.4 is 4.30 Å². The van der Waals surface area contributed by atoms with Crippen molar-refractivity contribution in [1.82, 2.24) is 4.30 Å². The molecule has 1 heterocycles. The number of ether oxygens (including phenoxy) is 2. The van der Waals surface area contributed by atoms with Gasteiger partial charge in [0, 0.05) is 19.3 Å². The molecular formula is C18H25AlNO2. The molecule has 4 heteroatoms. The van der Waals surface area contributed by atoms with Gasteiger partial charge in [-0.25, -0.2) is 0 Å². The van der Waals surface area contributed by atoms with Crippen molar-refractivity contribution in [3.63, 3.8) is 0 Å². The normalized spacial score (nSPS) is 29.1. The van der Waals surface area contributed by atoms with Crippen LogP contribution in [0, 0.1) is 0 Å².